The van der Waals surface area contributed by atoms with Gasteiger partial charge in [0.1, 0.15) is 6.29 Å². The number of hydrogen-bond donors (Lipinski definition) is 0. The van der Waals surface area contributed by atoms with Crippen LogP contribution in [-0.4, -0.2) is 21.1 Å². The largest absolute Gasteiger partial charge is 0.301 e. The second-order valence-corrected chi connectivity index (χ2v) is 3.26. The highest BCUT2D eigenvalue weighted by molar-refractivity contribution is 5.59. The summed E-state index contributed by atoms with van der Waals surface area (Å²) in [6.45, 7) is 2.23. The molecule has 0 saturated carbocycles. The predicted octanol–water partition coefficient (Wildman–Crippen LogP) is 1.45. The van der Waals surface area contributed by atoms with Gasteiger partial charge in [-0.1, -0.05) is 0 Å². The lowest BCUT2D eigenvalue weighted by molar-refractivity contribution is -0.108. The Hall–Kier alpha value is -1.97. The molecule has 0 bridgehead atoms. The van der Waals surface area contributed by atoms with Crippen LogP contribution in [-0.2, 0) is 11.3 Å². The Kier molecular flexibility index (Phi) is 2.58. The molecular formula is C11H11N3O. The third kappa shape index (κ3) is 1.93. The number of aldehydes is 1. The molecule has 0 aliphatic rings. The average molecular weight is 201 g/mol. The van der Waals surface area contributed by atoms with E-state index in [9.17, 15) is 4.79 Å². The van der Waals surface area contributed by atoms with Crippen LogP contribution >= 0.6 is 0 Å². The maximum Gasteiger partial charge on any atom is 0.141 e. The van der Waals surface area contributed by atoms with Gasteiger partial charge in [0, 0.05) is 23.7 Å². The molecule has 2 heterocycles. The fraction of sp³-hybridized carbons (Fsp3) is 0.182. The summed E-state index contributed by atoms with van der Waals surface area (Å²) in [5, 5.41) is 4.33. The van der Waals surface area contributed by atoms with Gasteiger partial charge in [-0.2, -0.15) is 5.10 Å². The molecule has 0 atom stereocenters. The van der Waals surface area contributed by atoms with E-state index in [1.165, 1.54) is 0 Å². The van der Waals surface area contributed by atoms with E-state index in [1.54, 1.807) is 17.1 Å². The van der Waals surface area contributed by atoms with Gasteiger partial charge < -0.3 is 4.79 Å². The molecule has 2 rings (SSSR count). The maximum absolute atomic E-state index is 10.4. The molecule has 0 radical (unpaired) electrons. The molecule has 0 saturated heterocycles. The Balaban J connectivity index is 2.38. The maximum atomic E-state index is 10.4. The fourth-order valence-corrected chi connectivity index (χ4v) is 1.43. The van der Waals surface area contributed by atoms with Crippen LogP contribution in [0.15, 0.2) is 30.6 Å². The molecule has 0 aliphatic heterocycles. The molecule has 2 aromatic heterocycles. The van der Waals surface area contributed by atoms with E-state index in [-0.39, 0.29) is 0 Å². The molecule has 0 spiro atoms. The Labute approximate surface area is 87.6 Å². The minimum Gasteiger partial charge on any atom is -0.301 e. The summed E-state index contributed by atoms with van der Waals surface area (Å²) in [7, 11) is 0. The molecule has 0 N–H and O–H groups in total. The number of aromatic nitrogens is 3. The highest BCUT2D eigenvalue weighted by atomic mass is 16.1. The second kappa shape index (κ2) is 4.04. The van der Waals surface area contributed by atoms with Crippen LogP contribution in [0.2, 0.25) is 0 Å². The monoisotopic (exact) mass is 201 g/mol. The van der Waals surface area contributed by atoms with E-state index in [2.05, 4.69) is 10.1 Å². The van der Waals surface area contributed by atoms with Crippen molar-refractivity contribution in [3.63, 3.8) is 0 Å². The molecule has 0 aromatic carbocycles. The highest BCUT2D eigenvalue weighted by Gasteiger charge is 2.05. The Morgan fingerprint density at radius 2 is 2.13 bits per heavy atom. The smallest absolute Gasteiger partial charge is 0.141 e. The summed E-state index contributed by atoms with van der Waals surface area (Å²) >= 11 is 0. The van der Waals surface area contributed by atoms with Crippen molar-refractivity contribution in [1.29, 1.82) is 0 Å². The van der Waals surface area contributed by atoms with Crippen molar-refractivity contribution < 1.29 is 4.79 Å². The van der Waals surface area contributed by atoms with Gasteiger partial charge in [0.05, 0.1) is 12.2 Å². The SMILES string of the molecule is Cc1cc(-c2ccncc2)nn1CC=O. The standard InChI is InChI=1S/C11H11N3O/c1-9-8-11(13-14(9)6-7-15)10-2-4-12-5-3-10/h2-5,7-8H,6H2,1H3. The number of rotatable bonds is 3. The van der Waals surface area contributed by atoms with E-state index in [1.807, 2.05) is 25.1 Å². The van der Waals surface area contributed by atoms with Crippen LogP contribution in [0.5, 0.6) is 0 Å². The first-order chi connectivity index (χ1) is 7.31. The molecule has 0 unspecified atom stereocenters. The van der Waals surface area contributed by atoms with E-state index in [4.69, 9.17) is 0 Å². The van der Waals surface area contributed by atoms with E-state index >= 15 is 0 Å². The number of pyridine rings is 1. The first-order valence-corrected chi connectivity index (χ1v) is 4.70. The van der Waals surface area contributed by atoms with Crippen LogP contribution in [0.1, 0.15) is 5.69 Å². The van der Waals surface area contributed by atoms with Gasteiger partial charge in [0.15, 0.2) is 0 Å². The highest BCUT2D eigenvalue weighted by Crippen LogP contribution is 2.17. The first-order valence-electron chi connectivity index (χ1n) is 4.70. The molecule has 0 fully saturated rings. The Morgan fingerprint density at radius 3 is 2.80 bits per heavy atom. The third-order valence-electron chi connectivity index (χ3n) is 2.20. The van der Waals surface area contributed by atoms with Crippen molar-refractivity contribution in [3.05, 3.63) is 36.3 Å². The molecule has 4 nitrogen and oxygen atoms in total. The van der Waals surface area contributed by atoms with Crippen LogP contribution in [0.3, 0.4) is 0 Å². The first kappa shape index (κ1) is 9.58. The normalized spacial score (nSPS) is 10.2. The number of carbonyl (C=O) groups excluding carboxylic acids is 1. The molecule has 4 heteroatoms. The topological polar surface area (TPSA) is 47.8 Å². The van der Waals surface area contributed by atoms with Gasteiger partial charge in [0.25, 0.3) is 0 Å². The zero-order valence-electron chi connectivity index (χ0n) is 8.42. The lowest BCUT2D eigenvalue weighted by Crippen LogP contribution is -2.02. The van der Waals surface area contributed by atoms with Crippen molar-refractivity contribution in [2.24, 2.45) is 0 Å². The summed E-state index contributed by atoms with van der Waals surface area (Å²) in [4.78, 5) is 14.3. The van der Waals surface area contributed by atoms with Gasteiger partial charge in [-0.25, -0.2) is 0 Å². The lowest BCUT2D eigenvalue weighted by atomic mass is 10.2. The minimum atomic E-state index is 0.302. The van der Waals surface area contributed by atoms with Crippen molar-refractivity contribution in [3.8, 4) is 11.3 Å². The van der Waals surface area contributed by atoms with E-state index in [0.717, 1.165) is 23.2 Å². The zero-order valence-corrected chi connectivity index (χ0v) is 8.42. The molecule has 15 heavy (non-hydrogen) atoms. The molecule has 2 aromatic rings. The number of hydrogen-bond acceptors (Lipinski definition) is 3. The summed E-state index contributed by atoms with van der Waals surface area (Å²) in [5.41, 5.74) is 2.86. The van der Waals surface area contributed by atoms with E-state index < -0.39 is 0 Å². The van der Waals surface area contributed by atoms with Gasteiger partial charge in [-0.05, 0) is 25.1 Å². The van der Waals surface area contributed by atoms with Crippen LogP contribution in [0.25, 0.3) is 11.3 Å². The minimum absolute atomic E-state index is 0.302. The molecule has 0 amide bonds. The average Bonchev–Trinajstić information content (AvgIpc) is 2.63. The van der Waals surface area contributed by atoms with E-state index in [0.29, 0.717) is 6.54 Å². The Morgan fingerprint density at radius 1 is 1.40 bits per heavy atom. The molecule has 76 valence electrons. The summed E-state index contributed by atoms with van der Waals surface area (Å²) in [6, 6.07) is 5.75. The molecule has 0 aliphatic carbocycles. The number of aryl methyl sites for hydroxylation is 1. The quantitative estimate of drug-likeness (QED) is 0.706. The van der Waals surface area contributed by atoms with Gasteiger partial charge >= 0.3 is 0 Å². The van der Waals surface area contributed by atoms with Crippen LogP contribution < -0.4 is 0 Å². The summed E-state index contributed by atoms with van der Waals surface area (Å²) < 4.78 is 1.68. The van der Waals surface area contributed by atoms with Crippen molar-refractivity contribution >= 4 is 6.29 Å². The lowest BCUT2D eigenvalue weighted by Gasteiger charge is -1.96. The van der Waals surface area contributed by atoms with Gasteiger partial charge in [0.2, 0.25) is 0 Å². The van der Waals surface area contributed by atoms with Crippen molar-refractivity contribution in [2.75, 3.05) is 0 Å². The summed E-state index contributed by atoms with van der Waals surface area (Å²) in [6.07, 6.45) is 4.29. The third-order valence-corrected chi connectivity index (χ3v) is 2.20. The van der Waals surface area contributed by atoms with Crippen LogP contribution in [0, 0.1) is 6.92 Å². The molecular weight excluding hydrogens is 190 g/mol. The van der Waals surface area contributed by atoms with Gasteiger partial charge in [-0.15, -0.1) is 0 Å². The predicted molar refractivity (Wildman–Crippen MR) is 56.3 cm³/mol. The number of carbonyl (C=O) groups is 1. The number of nitrogens with zero attached hydrogens (tertiary/aromatic N) is 3. The zero-order chi connectivity index (χ0) is 10.7. The Bertz CT molecular complexity index is 462. The van der Waals surface area contributed by atoms with Crippen molar-refractivity contribution in [2.45, 2.75) is 13.5 Å². The second-order valence-electron chi connectivity index (χ2n) is 3.26. The van der Waals surface area contributed by atoms with Crippen molar-refractivity contribution in [1.82, 2.24) is 14.8 Å². The summed E-state index contributed by atoms with van der Waals surface area (Å²) in [5.74, 6) is 0. The van der Waals surface area contributed by atoms with Crippen LogP contribution in [0.4, 0.5) is 0 Å². The fourth-order valence-electron chi connectivity index (χ4n) is 1.43. The van der Waals surface area contributed by atoms with Gasteiger partial charge in [-0.3, -0.25) is 9.67 Å².